The highest BCUT2D eigenvalue weighted by Gasteiger charge is 2.25. The maximum absolute atomic E-state index is 12.8. The van der Waals surface area contributed by atoms with E-state index in [9.17, 15) is 19.5 Å². The van der Waals surface area contributed by atoms with Crippen LogP contribution in [0, 0.1) is 0 Å². The van der Waals surface area contributed by atoms with Crippen molar-refractivity contribution in [2.75, 3.05) is 41.0 Å². The van der Waals surface area contributed by atoms with Gasteiger partial charge < -0.3 is 28.6 Å². The van der Waals surface area contributed by atoms with Crippen LogP contribution in [0.4, 0.5) is 0 Å². The molecule has 0 amide bonds. The number of aliphatic carboxylic acids is 1. The molecule has 0 aromatic rings. The Hall–Kier alpha value is -1.93. The first kappa shape index (κ1) is 58.1. The average Bonchev–Trinajstić information content (AvgIpc) is 3.21. The number of ether oxygens (including phenoxy) is 3. The highest BCUT2D eigenvalue weighted by Crippen LogP contribution is 2.17. The number of allylic oxidation sites excluding steroid dienone is 2. The molecule has 0 aliphatic heterocycles. The molecule has 0 aromatic carbocycles. The van der Waals surface area contributed by atoms with E-state index in [1.165, 1.54) is 167 Å². The van der Waals surface area contributed by atoms with Crippen molar-refractivity contribution in [2.24, 2.45) is 0 Å². The lowest BCUT2D eigenvalue weighted by Crippen LogP contribution is -2.55. The molecule has 8 heteroatoms. The van der Waals surface area contributed by atoms with Crippen molar-refractivity contribution in [1.82, 2.24) is 0 Å². The molecule has 0 aliphatic rings. The molecule has 0 rings (SSSR count). The van der Waals surface area contributed by atoms with Gasteiger partial charge in [0, 0.05) is 19.3 Å². The van der Waals surface area contributed by atoms with Gasteiger partial charge >= 0.3 is 11.9 Å². The molecule has 0 heterocycles. The predicted octanol–water partition coefficient (Wildman–Crippen LogP) is 13.3. The number of carbonyl (C=O) groups excluding carboxylic acids is 3. The number of carboxylic acids is 1. The number of nitrogens with zero attached hydrogens (tertiary/aromatic N) is 1. The normalized spacial score (nSPS) is 12.9. The topological polar surface area (TPSA) is 102 Å². The molecule has 0 aliphatic carbocycles. The van der Waals surface area contributed by atoms with Gasteiger partial charge in [0.2, 0.25) is 0 Å². The molecular weight excluding hydrogens is 751 g/mol. The summed E-state index contributed by atoms with van der Waals surface area (Å²) in [5.41, 5.74) is 0. The molecular formula is C52H99NO7. The third-order valence-electron chi connectivity index (χ3n) is 11.9. The van der Waals surface area contributed by atoms with Gasteiger partial charge in [-0.15, -0.1) is 0 Å². The molecule has 0 bridgehead atoms. The van der Waals surface area contributed by atoms with Crippen LogP contribution in [0.15, 0.2) is 12.2 Å². The van der Waals surface area contributed by atoms with Crippen LogP contribution in [0.1, 0.15) is 251 Å². The third kappa shape index (κ3) is 41.4. The minimum Gasteiger partial charge on any atom is -0.544 e. The van der Waals surface area contributed by atoms with Crippen molar-refractivity contribution < 1.29 is 38.2 Å². The Morgan fingerprint density at radius 3 is 1.22 bits per heavy atom. The number of hydrogen-bond donors (Lipinski definition) is 0. The van der Waals surface area contributed by atoms with Crippen LogP contribution in [-0.2, 0) is 28.6 Å². The Kier molecular flexibility index (Phi) is 42.3. The summed E-state index contributed by atoms with van der Waals surface area (Å²) < 4.78 is 17.2. The maximum atomic E-state index is 12.8. The highest BCUT2D eigenvalue weighted by molar-refractivity contribution is 5.70. The van der Waals surface area contributed by atoms with Crippen LogP contribution < -0.4 is 5.11 Å². The second kappa shape index (κ2) is 43.7. The van der Waals surface area contributed by atoms with Gasteiger partial charge in [0.05, 0.1) is 40.3 Å². The summed E-state index contributed by atoms with van der Waals surface area (Å²) in [4.78, 5) is 37.0. The number of unbranched alkanes of at least 4 members (excludes halogenated alkanes) is 31. The van der Waals surface area contributed by atoms with E-state index < -0.39 is 18.1 Å². The summed E-state index contributed by atoms with van der Waals surface area (Å²) in [5, 5.41) is 11.6. The van der Waals surface area contributed by atoms with Gasteiger partial charge in [-0.1, -0.05) is 206 Å². The molecule has 60 heavy (non-hydrogen) atoms. The standard InChI is InChI=1S/C52H99NO7/c1-6-8-10-12-14-16-18-20-21-22-23-24-25-26-27-28-29-31-33-35-37-39-41-43-51(55)60-48(46-58-45-44-49(52(56)57)53(3,4)5)47-59-50(54)42-40-38-36-34-32-30-19-17-15-13-11-9-7-2/h30,32,48-49H,6-29,31,33-47H2,1-5H3/b32-30+. The molecule has 8 nitrogen and oxygen atoms in total. The highest BCUT2D eigenvalue weighted by atomic mass is 16.6. The van der Waals surface area contributed by atoms with E-state index in [1.54, 1.807) is 21.1 Å². The van der Waals surface area contributed by atoms with Crippen molar-refractivity contribution in [3.63, 3.8) is 0 Å². The summed E-state index contributed by atoms with van der Waals surface area (Å²) in [6.07, 6.45) is 48.2. The van der Waals surface area contributed by atoms with Crippen LogP contribution in [0.5, 0.6) is 0 Å². The Labute approximate surface area is 371 Å². The van der Waals surface area contributed by atoms with E-state index in [0.29, 0.717) is 12.8 Å². The molecule has 0 spiro atoms. The van der Waals surface area contributed by atoms with E-state index in [4.69, 9.17) is 14.2 Å². The Bertz CT molecular complexity index is 993. The minimum absolute atomic E-state index is 0.0421. The zero-order chi connectivity index (χ0) is 44.2. The molecule has 0 saturated heterocycles. The smallest absolute Gasteiger partial charge is 0.306 e. The predicted molar refractivity (Wildman–Crippen MR) is 250 cm³/mol. The minimum atomic E-state index is -1.12. The van der Waals surface area contributed by atoms with Crippen LogP contribution in [-0.4, -0.2) is 75.5 Å². The van der Waals surface area contributed by atoms with E-state index in [0.717, 1.165) is 51.4 Å². The second-order valence-corrected chi connectivity index (χ2v) is 18.8. The summed E-state index contributed by atoms with van der Waals surface area (Å²) in [5.74, 6) is -1.74. The molecule has 0 radical (unpaired) electrons. The number of likely N-dealkylation sites (N-methyl/N-ethyl adjacent to an activating group) is 1. The van der Waals surface area contributed by atoms with Crippen molar-refractivity contribution in [1.29, 1.82) is 0 Å². The molecule has 2 atom stereocenters. The van der Waals surface area contributed by atoms with Gasteiger partial charge in [-0.25, -0.2) is 0 Å². The van der Waals surface area contributed by atoms with E-state index in [-0.39, 0.29) is 42.7 Å². The zero-order valence-electron chi connectivity index (χ0n) is 40.4. The fourth-order valence-corrected chi connectivity index (χ4v) is 7.89. The van der Waals surface area contributed by atoms with Crippen molar-refractivity contribution in [2.45, 2.75) is 264 Å². The van der Waals surface area contributed by atoms with Gasteiger partial charge in [0.1, 0.15) is 12.6 Å². The van der Waals surface area contributed by atoms with Crippen LogP contribution in [0.25, 0.3) is 0 Å². The lowest BCUT2D eigenvalue weighted by atomic mass is 10.0. The fourth-order valence-electron chi connectivity index (χ4n) is 7.89. The molecule has 0 saturated carbocycles. The van der Waals surface area contributed by atoms with Crippen LogP contribution >= 0.6 is 0 Å². The van der Waals surface area contributed by atoms with Crippen molar-refractivity contribution in [3.05, 3.63) is 12.2 Å². The summed E-state index contributed by atoms with van der Waals surface area (Å²) in [6, 6.07) is -0.724. The van der Waals surface area contributed by atoms with Crippen LogP contribution in [0.2, 0.25) is 0 Å². The summed E-state index contributed by atoms with van der Waals surface area (Å²) in [6.45, 7) is 4.68. The van der Waals surface area contributed by atoms with Gasteiger partial charge in [-0.3, -0.25) is 9.59 Å². The summed E-state index contributed by atoms with van der Waals surface area (Å²) >= 11 is 0. The first-order valence-corrected chi connectivity index (χ1v) is 25.7. The number of hydrogen-bond acceptors (Lipinski definition) is 7. The van der Waals surface area contributed by atoms with Gasteiger partial charge in [0.15, 0.2) is 6.10 Å². The largest absolute Gasteiger partial charge is 0.544 e. The molecule has 0 N–H and O–H groups in total. The third-order valence-corrected chi connectivity index (χ3v) is 11.9. The number of carbonyl (C=O) groups is 3. The molecule has 354 valence electrons. The number of esters is 2. The average molecular weight is 850 g/mol. The lowest BCUT2D eigenvalue weighted by Gasteiger charge is -2.34. The SMILES string of the molecule is CCCCCCCC/C=C/CCCCCC(=O)OCC(COCCC(C(=O)[O-])[N+](C)(C)C)OC(=O)CCCCCCCCCCCCCCCCCCCCCCCCC. The second-order valence-electron chi connectivity index (χ2n) is 18.8. The monoisotopic (exact) mass is 850 g/mol. The fraction of sp³-hybridized carbons (Fsp3) is 0.904. The molecule has 2 unspecified atom stereocenters. The van der Waals surface area contributed by atoms with Crippen molar-refractivity contribution in [3.8, 4) is 0 Å². The van der Waals surface area contributed by atoms with E-state index in [2.05, 4.69) is 26.0 Å². The van der Waals surface area contributed by atoms with Crippen molar-refractivity contribution >= 4 is 17.9 Å². The number of rotatable bonds is 47. The Morgan fingerprint density at radius 1 is 0.483 bits per heavy atom. The van der Waals surface area contributed by atoms with E-state index >= 15 is 0 Å². The Balaban J connectivity index is 4.16. The molecule has 0 fully saturated rings. The maximum Gasteiger partial charge on any atom is 0.306 e. The Morgan fingerprint density at radius 2 is 0.833 bits per heavy atom. The van der Waals surface area contributed by atoms with Gasteiger partial charge in [-0.05, 0) is 38.5 Å². The summed E-state index contributed by atoms with van der Waals surface area (Å²) in [7, 11) is 5.42. The van der Waals surface area contributed by atoms with E-state index in [1.807, 2.05) is 0 Å². The first-order valence-electron chi connectivity index (χ1n) is 25.7. The van der Waals surface area contributed by atoms with Gasteiger partial charge in [-0.2, -0.15) is 0 Å². The van der Waals surface area contributed by atoms with Crippen LogP contribution in [0.3, 0.4) is 0 Å². The molecule has 0 aromatic heterocycles. The zero-order valence-corrected chi connectivity index (χ0v) is 40.4. The first-order chi connectivity index (χ1) is 29.1. The number of carboxylic acid groups (broad SMARTS) is 1. The van der Waals surface area contributed by atoms with Gasteiger partial charge in [0.25, 0.3) is 0 Å². The number of quaternary nitrogens is 1. The lowest BCUT2D eigenvalue weighted by molar-refractivity contribution is -0.889. The quantitative estimate of drug-likeness (QED) is 0.0260.